The molecule has 1 rings (SSSR count). The minimum atomic E-state index is 0.0284. The predicted octanol–water partition coefficient (Wildman–Crippen LogP) is 1.08. The number of rotatable bonds is 5. The van der Waals surface area contributed by atoms with Crippen LogP contribution in [-0.2, 0) is 6.54 Å². The molecule has 0 aliphatic rings. The van der Waals surface area contributed by atoms with E-state index in [9.17, 15) is 0 Å². The van der Waals surface area contributed by atoms with E-state index in [2.05, 4.69) is 23.9 Å². The fourth-order valence-electron chi connectivity index (χ4n) is 1.15. The van der Waals surface area contributed by atoms with Crippen molar-refractivity contribution >= 4 is 0 Å². The van der Waals surface area contributed by atoms with Gasteiger partial charge in [0.25, 0.3) is 0 Å². The summed E-state index contributed by atoms with van der Waals surface area (Å²) in [6.45, 7) is 5.25. The molecule has 0 amide bonds. The second-order valence-corrected chi connectivity index (χ2v) is 4.08. The van der Waals surface area contributed by atoms with Crippen LogP contribution in [-0.4, -0.2) is 26.5 Å². The van der Waals surface area contributed by atoms with Crippen LogP contribution in [0.15, 0.2) is 12.7 Å². The molecule has 0 aliphatic carbocycles. The lowest BCUT2D eigenvalue weighted by molar-refractivity contribution is 0.146. The molecule has 4 heteroatoms. The molecular formula is C9H17N3O. The molecule has 0 radical (unpaired) electrons. The average molecular weight is 183 g/mol. The van der Waals surface area contributed by atoms with E-state index in [0.29, 0.717) is 0 Å². The molecule has 0 saturated heterocycles. The Labute approximate surface area is 78.6 Å². The third-order valence-electron chi connectivity index (χ3n) is 2.14. The summed E-state index contributed by atoms with van der Waals surface area (Å²) >= 11 is 0. The molecule has 0 fully saturated rings. The lowest BCUT2D eigenvalue weighted by Crippen LogP contribution is -2.17. The minimum absolute atomic E-state index is 0.0284. The van der Waals surface area contributed by atoms with Crippen molar-refractivity contribution in [3.63, 3.8) is 0 Å². The van der Waals surface area contributed by atoms with Crippen molar-refractivity contribution in [1.82, 2.24) is 14.8 Å². The Morgan fingerprint density at radius 3 is 2.77 bits per heavy atom. The van der Waals surface area contributed by atoms with Crippen molar-refractivity contribution in [1.29, 1.82) is 0 Å². The number of aliphatic hydroxyl groups is 1. The first kappa shape index (κ1) is 10.2. The SMILES string of the molecule is CC(C)(CO)CCCn1cncn1. The highest BCUT2D eigenvalue weighted by atomic mass is 16.3. The van der Waals surface area contributed by atoms with E-state index < -0.39 is 0 Å². The average Bonchev–Trinajstić information content (AvgIpc) is 2.57. The molecule has 0 aliphatic heterocycles. The number of nitrogens with zero attached hydrogens (tertiary/aromatic N) is 3. The van der Waals surface area contributed by atoms with Gasteiger partial charge in [-0.3, -0.25) is 4.68 Å². The number of aryl methyl sites for hydroxylation is 1. The maximum absolute atomic E-state index is 9.02. The largest absolute Gasteiger partial charge is 0.396 e. The standard InChI is InChI=1S/C9H17N3O/c1-9(2,6-13)4-3-5-12-8-10-7-11-12/h7-8,13H,3-6H2,1-2H3. The van der Waals surface area contributed by atoms with Gasteiger partial charge in [0.1, 0.15) is 12.7 Å². The van der Waals surface area contributed by atoms with Crippen molar-refractivity contribution in [2.75, 3.05) is 6.61 Å². The molecule has 1 aromatic heterocycles. The molecule has 0 bridgehead atoms. The van der Waals surface area contributed by atoms with Crippen LogP contribution in [0.3, 0.4) is 0 Å². The van der Waals surface area contributed by atoms with Gasteiger partial charge in [0, 0.05) is 13.2 Å². The molecule has 0 saturated carbocycles. The molecule has 74 valence electrons. The Morgan fingerprint density at radius 2 is 2.23 bits per heavy atom. The van der Waals surface area contributed by atoms with Gasteiger partial charge in [-0.15, -0.1) is 0 Å². The lowest BCUT2D eigenvalue weighted by atomic mass is 9.89. The number of aromatic nitrogens is 3. The smallest absolute Gasteiger partial charge is 0.137 e. The molecule has 1 N–H and O–H groups in total. The van der Waals surface area contributed by atoms with E-state index in [4.69, 9.17) is 5.11 Å². The first-order valence-corrected chi connectivity index (χ1v) is 4.57. The summed E-state index contributed by atoms with van der Waals surface area (Å²) in [5.41, 5.74) is 0.0284. The lowest BCUT2D eigenvalue weighted by Gasteiger charge is -2.20. The summed E-state index contributed by atoms with van der Waals surface area (Å²) in [5.74, 6) is 0. The van der Waals surface area contributed by atoms with Crippen molar-refractivity contribution < 1.29 is 5.11 Å². The Balaban J connectivity index is 2.21. The molecular weight excluding hydrogens is 166 g/mol. The number of aliphatic hydroxyl groups excluding tert-OH is 1. The Morgan fingerprint density at radius 1 is 1.46 bits per heavy atom. The Hall–Kier alpha value is -0.900. The quantitative estimate of drug-likeness (QED) is 0.743. The Bertz CT molecular complexity index is 231. The van der Waals surface area contributed by atoms with Gasteiger partial charge in [-0.2, -0.15) is 5.10 Å². The molecule has 13 heavy (non-hydrogen) atoms. The van der Waals surface area contributed by atoms with E-state index >= 15 is 0 Å². The van der Waals surface area contributed by atoms with Crippen molar-refractivity contribution in [3.8, 4) is 0 Å². The maximum Gasteiger partial charge on any atom is 0.137 e. The first-order valence-electron chi connectivity index (χ1n) is 4.57. The van der Waals surface area contributed by atoms with Gasteiger partial charge in [-0.25, -0.2) is 4.98 Å². The first-order chi connectivity index (χ1) is 6.14. The molecule has 1 heterocycles. The van der Waals surface area contributed by atoms with Gasteiger partial charge >= 0.3 is 0 Å². The van der Waals surface area contributed by atoms with Crippen LogP contribution in [0.5, 0.6) is 0 Å². The summed E-state index contributed by atoms with van der Waals surface area (Å²) in [4.78, 5) is 3.86. The molecule has 0 unspecified atom stereocenters. The molecule has 0 aromatic carbocycles. The van der Waals surface area contributed by atoms with Crippen LogP contribution >= 0.6 is 0 Å². The minimum Gasteiger partial charge on any atom is -0.396 e. The highest BCUT2D eigenvalue weighted by Crippen LogP contribution is 2.21. The van der Waals surface area contributed by atoms with Crippen LogP contribution in [0.4, 0.5) is 0 Å². The third-order valence-corrected chi connectivity index (χ3v) is 2.14. The topological polar surface area (TPSA) is 50.9 Å². The van der Waals surface area contributed by atoms with Gasteiger partial charge in [0.05, 0.1) is 0 Å². The van der Waals surface area contributed by atoms with Gasteiger partial charge in [0.2, 0.25) is 0 Å². The molecule has 0 spiro atoms. The summed E-state index contributed by atoms with van der Waals surface area (Å²) in [7, 11) is 0. The van der Waals surface area contributed by atoms with Crippen molar-refractivity contribution in [2.45, 2.75) is 33.2 Å². The van der Waals surface area contributed by atoms with Crippen molar-refractivity contribution in [3.05, 3.63) is 12.7 Å². The third kappa shape index (κ3) is 3.55. The zero-order chi connectivity index (χ0) is 9.73. The molecule has 4 nitrogen and oxygen atoms in total. The highest BCUT2D eigenvalue weighted by molar-refractivity contribution is 4.67. The molecule has 1 aromatic rings. The normalized spacial score (nSPS) is 11.9. The van der Waals surface area contributed by atoms with Crippen LogP contribution in [0, 0.1) is 5.41 Å². The van der Waals surface area contributed by atoms with E-state index in [1.54, 1.807) is 6.33 Å². The number of hydrogen-bond acceptors (Lipinski definition) is 3. The van der Waals surface area contributed by atoms with Crippen LogP contribution < -0.4 is 0 Å². The van der Waals surface area contributed by atoms with Gasteiger partial charge in [-0.05, 0) is 18.3 Å². The monoisotopic (exact) mass is 183 g/mol. The zero-order valence-electron chi connectivity index (χ0n) is 8.27. The summed E-state index contributed by atoms with van der Waals surface area (Å²) in [6.07, 6.45) is 5.28. The Kier molecular flexibility index (Phi) is 3.42. The van der Waals surface area contributed by atoms with Crippen molar-refractivity contribution in [2.24, 2.45) is 5.41 Å². The van der Waals surface area contributed by atoms with Crippen LogP contribution in [0.1, 0.15) is 26.7 Å². The van der Waals surface area contributed by atoms with Crippen LogP contribution in [0.25, 0.3) is 0 Å². The van der Waals surface area contributed by atoms with Gasteiger partial charge in [0.15, 0.2) is 0 Å². The van der Waals surface area contributed by atoms with E-state index in [-0.39, 0.29) is 12.0 Å². The maximum atomic E-state index is 9.02. The zero-order valence-corrected chi connectivity index (χ0v) is 8.27. The predicted molar refractivity (Wildman–Crippen MR) is 50.1 cm³/mol. The summed E-state index contributed by atoms with van der Waals surface area (Å²) in [6, 6.07) is 0. The van der Waals surface area contributed by atoms with E-state index in [1.165, 1.54) is 6.33 Å². The number of hydrogen-bond donors (Lipinski definition) is 1. The second kappa shape index (κ2) is 4.37. The fourth-order valence-corrected chi connectivity index (χ4v) is 1.15. The molecule has 0 atom stereocenters. The van der Waals surface area contributed by atoms with Gasteiger partial charge < -0.3 is 5.11 Å². The second-order valence-electron chi connectivity index (χ2n) is 4.08. The summed E-state index contributed by atoms with van der Waals surface area (Å²) in [5, 5.41) is 13.0. The summed E-state index contributed by atoms with van der Waals surface area (Å²) < 4.78 is 1.81. The van der Waals surface area contributed by atoms with E-state index in [1.807, 2.05) is 4.68 Å². The van der Waals surface area contributed by atoms with E-state index in [0.717, 1.165) is 19.4 Å². The van der Waals surface area contributed by atoms with Crippen LogP contribution in [0.2, 0.25) is 0 Å². The highest BCUT2D eigenvalue weighted by Gasteiger charge is 2.15. The van der Waals surface area contributed by atoms with Gasteiger partial charge in [-0.1, -0.05) is 13.8 Å². The fraction of sp³-hybridized carbons (Fsp3) is 0.778.